The van der Waals surface area contributed by atoms with Gasteiger partial charge in [-0.1, -0.05) is 12.1 Å². The van der Waals surface area contributed by atoms with Gasteiger partial charge in [-0.15, -0.1) is 0 Å². The molecule has 0 aromatic heterocycles. The Balaban J connectivity index is 1.92. The number of rotatable bonds is 5. The third-order valence-corrected chi connectivity index (χ3v) is 4.25. The highest BCUT2D eigenvalue weighted by Crippen LogP contribution is 2.34. The van der Waals surface area contributed by atoms with E-state index in [0.717, 1.165) is 5.69 Å². The number of urea groups is 1. The van der Waals surface area contributed by atoms with Gasteiger partial charge in [0.25, 0.3) is 0 Å². The third-order valence-electron chi connectivity index (χ3n) is 4.25. The molecule has 1 atom stereocenters. The van der Waals surface area contributed by atoms with Gasteiger partial charge in [-0.2, -0.15) is 0 Å². The Morgan fingerprint density at radius 1 is 1.33 bits per heavy atom. The number of esters is 2. The summed E-state index contributed by atoms with van der Waals surface area (Å²) in [7, 11) is 1.30. The highest BCUT2D eigenvalue weighted by Gasteiger charge is 2.33. The van der Waals surface area contributed by atoms with Crippen LogP contribution in [-0.2, 0) is 19.1 Å². The summed E-state index contributed by atoms with van der Waals surface area (Å²) in [6.07, 6.45) is -0.811. The Bertz CT molecular complexity index is 791. The van der Waals surface area contributed by atoms with E-state index in [1.165, 1.54) is 7.11 Å². The van der Waals surface area contributed by atoms with Crippen molar-refractivity contribution in [1.82, 2.24) is 10.6 Å². The molecule has 27 heavy (non-hydrogen) atoms. The highest BCUT2D eigenvalue weighted by molar-refractivity contribution is 5.94. The van der Waals surface area contributed by atoms with Crippen LogP contribution in [0.15, 0.2) is 35.5 Å². The number of carbonyl (C=O) groups is 3. The Hall–Kier alpha value is -3.23. The topological polar surface area (TPSA) is 106 Å². The van der Waals surface area contributed by atoms with Crippen LogP contribution < -0.4 is 20.3 Å². The number of anilines is 1. The number of carbonyl (C=O) groups excluding carboxylic acids is 3. The summed E-state index contributed by atoms with van der Waals surface area (Å²) in [6.45, 7) is 2.44. The molecule has 1 aromatic rings. The summed E-state index contributed by atoms with van der Waals surface area (Å²) in [5, 5.41) is 5.24. The van der Waals surface area contributed by atoms with Gasteiger partial charge in [0.15, 0.2) is 0 Å². The average molecular weight is 375 g/mol. The predicted octanol–water partition coefficient (Wildman–Crippen LogP) is 0.557. The molecule has 2 heterocycles. The molecule has 0 aliphatic carbocycles. The van der Waals surface area contributed by atoms with Crippen LogP contribution in [0.3, 0.4) is 0 Å². The fourth-order valence-corrected chi connectivity index (χ4v) is 2.98. The molecule has 3 rings (SSSR count). The Morgan fingerprint density at radius 3 is 2.85 bits per heavy atom. The molecule has 144 valence electrons. The zero-order valence-electron chi connectivity index (χ0n) is 15.1. The van der Waals surface area contributed by atoms with Gasteiger partial charge >= 0.3 is 18.0 Å². The first-order valence-electron chi connectivity index (χ1n) is 8.56. The van der Waals surface area contributed by atoms with E-state index in [9.17, 15) is 14.4 Å². The number of amides is 2. The monoisotopic (exact) mass is 375 g/mol. The van der Waals surface area contributed by atoms with E-state index in [-0.39, 0.29) is 26.2 Å². The van der Waals surface area contributed by atoms with Crippen molar-refractivity contribution in [2.75, 3.05) is 38.3 Å². The molecule has 0 bridgehead atoms. The second-order valence-corrected chi connectivity index (χ2v) is 5.96. The molecule has 2 N–H and O–H groups in total. The molecule has 9 nitrogen and oxygen atoms in total. The lowest BCUT2D eigenvalue weighted by molar-refractivity contribution is -0.148. The van der Waals surface area contributed by atoms with Gasteiger partial charge in [-0.25, -0.2) is 14.4 Å². The van der Waals surface area contributed by atoms with E-state index in [1.807, 2.05) is 17.0 Å². The van der Waals surface area contributed by atoms with Gasteiger partial charge in [-0.05, 0) is 19.1 Å². The van der Waals surface area contributed by atoms with Crippen LogP contribution in [0.1, 0.15) is 6.92 Å². The van der Waals surface area contributed by atoms with E-state index >= 15 is 0 Å². The van der Waals surface area contributed by atoms with Crippen LogP contribution in [-0.4, -0.2) is 57.4 Å². The van der Waals surface area contributed by atoms with Crippen molar-refractivity contribution in [1.29, 1.82) is 0 Å². The molecular weight excluding hydrogens is 354 g/mol. The largest absolute Gasteiger partial charge is 0.475 e. The smallest absolute Gasteiger partial charge is 0.348 e. The van der Waals surface area contributed by atoms with E-state index in [0.29, 0.717) is 17.0 Å². The van der Waals surface area contributed by atoms with Crippen LogP contribution in [0.4, 0.5) is 10.5 Å². The molecular formula is C18H21N3O6. The Labute approximate surface area is 156 Å². The molecule has 0 fully saturated rings. The van der Waals surface area contributed by atoms with Crippen molar-refractivity contribution in [3.63, 3.8) is 0 Å². The summed E-state index contributed by atoms with van der Waals surface area (Å²) < 4.78 is 15.6. The molecule has 2 aliphatic heterocycles. The molecule has 0 unspecified atom stereocenters. The molecule has 0 saturated heterocycles. The molecule has 2 amide bonds. The van der Waals surface area contributed by atoms with Gasteiger partial charge in [0.2, 0.25) is 6.10 Å². The molecule has 9 heteroatoms. The average Bonchev–Trinajstić information content (AvgIpc) is 2.67. The van der Waals surface area contributed by atoms with Crippen molar-refractivity contribution in [2.45, 2.75) is 13.0 Å². The number of hydrogen-bond acceptors (Lipinski definition) is 7. The summed E-state index contributed by atoms with van der Waals surface area (Å²) >= 11 is 0. The second-order valence-electron chi connectivity index (χ2n) is 5.96. The van der Waals surface area contributed by atoms with Crippen molar-refractivity contribution >= 4 is 23.7 Å². The summed E-state index contributed by atoms with van der Waals surface area (Å²) in [5.41, 5.74) is 1.52. The maximum atomic E-state index is 12.2. The highest BCUT2D eigenvalue weighted by atomic mass is 16.6. The van der Waals surface area contributed by atoms with E-state index in [4.69, 9.17) is 14.2 Å². The third kappa shape index (κ3) is 3.97. The fraction of sp³-hybridized carbons (Fsp3) is 0.389. The normalized spacial score (nSPS) is 18.7. The number of ether oxygens (including phenoxy) is 3. The first-order valence-corrected chi connectivity index (χ1v) is 8.56. The molecule has 0 radical (unpaired) electrons. The SMILES string of the molecule is CCOC(=O)C1=C(CN2C[C@@H](C(=O)OC)Oc3ccccc32)NC(=O)NC1. The predicted molar refractivity (Wildman–Crippen MR) is 95.3 cm³/mol. The minimum Gasteiger partial charge on any atom is -0.475 e. The van der Waals surface area contributed by atoms with Crippen LogP contribution in [0, 0.1) is 0 Å². The van der Waals surface area contributed by atoms with E-state index in [2.05, 4.69) is 10.6 Å². The first kappa shape index (κ1) is 18.6. The second kappa shape index (κ2) is 7.98. The lowest BCUT2D eigenvalue weighted by atomic mass is 10.1. The number of benzene rings is 1. The lowest BCUT2D eigenvalue weighted by Crippen LogP contribution is -2.50. The number of nitrogens with one attached hydrogen (secondary N) is 2. The molecule has 1 aromatic carbocycles. The fourth-order valence-electron chi connectivity index (χ4n) is 2.98. The van der Waals surface area contributed by atoms with Crippen LogP contribution >= 0.6 is 0 Å². The number of nitrogens with zero attached hydrogens (tertiary/aromatic N) is 1. The van der Waals surface area contributed by atoms with Gasteiger partial charge in [0, 0.05) is 0 Å². The number of methoxy groups -OCH3 is 1. The van der Waals surface area contributed by atoms with Gasteiger partial charge in [0.1, 0.15) is 5.75 Å². The number of fused-ring (bicyclic) bond motifs is 1. The quantitative estimate of drug-likeness (QED) is 0.724. The van der Waals surface area contributed by atoms with E-state index in [1.54, 1.807) is 19.1 Å². The van der Waals surface area contributed by atoms with Crippen LogP contribution in [0.25, 0.3) is 0 Å². The van der Waals surface area contributed by atoms with Gasteiger partial charge in [-0.3, -0.25) is 0 Å². The summed E-state index contributed by atoms with van der Waals surface area (Å²) in [6, 6.07) is 6.83. The minimum atomic E-state index is -0.811. The van der Waals surface area contributed by atoms with Crippen LogP contribution in [0.2, 0.25) is 0 Å². The molecule has 0 saturated carbocycles. The lowest BCUT2D eigenvalue weighted by Gasteiger charge is -2.36. The van der Waals surface area contributed by atoms with Crippen molar-refractivity contribution in [3.05, 3.63) is 35.5 Å². The van der Waals surface area contributed by atoms with Crippen LogP contribution in [0.5, 0.6) is 5.75 Å². The standard InChI is InChI=1S/C18H21N3O6/c1-3-26-16(22)11-8-19-18(24)20-12(11)9-21-10-15(17(23)25-2)27-14-7-5-4-6-13(14)21/h4-7,15H,3,8-10H2,1-2H3,(H2,19,20,24)/t15-/m0/s1. The first-order chi connectivity index (χ1) is 13.0. The van der Waals surface area contributed by atoms with Gasteiger partial charge < -0.3 is 29.7 Å². The number of para-hydroxylation sites is 2. The Morgan fingerprint density at radius 2 is 2.11 bits per heavy atom. The Kier molecular flexibility index (Phi) is 5.49. The maximum Gasteiger partial charge on any atom is 0.348 e. The van der Waals surface area contributed by atoms with E-state index < -0.39 is 24.1 Å². The molecule has 2 aliphatic rings. The summed E-state index contributed by atoms with van der Waals surface area (Å²) in [5.74, 6) is -0.466. The zero-order chi connectivity index (χ0) is 19.4. The van der Waals surface area contributed by atoms with Gasteiger partial charge in [0.05, 0.1) is 50.3 Å². The minimum absolute atomic E-state index is 0.0758. The zero-order valence-corrected chi connectivity index (χ0v) is 15.1. The maximum absolute atomic E-state index is 12.2. The van der Waals surface area contributed by atoms with Crippen molar-refractivity contribution in [3.8, 4) is 5.75 Å². The summed E-state index contributed by atoms with van der Waals surface area (Å²) in [4.78, 5) is 37.9. The number of hydrogen-bond donors (Lipinski definition) is 2. The van der Waals surface area contributed by atoms with Crippen molar-refractivity contribution in [2.24, 2.45) is 0 Å². The molecule has 0 spiro atoms. The van der Waals surface area contributed by atoms with Crippen molar-refractivity contribution < 1.29 is 28.6 Å².